The van der Waals surface area contributed by atoms with Gasteiger partial charge in [-0.1, -0.05) is 13.8 Å². The van der Waals surface area contributed by atoms with Crippen molar-refractivity contribution >= 4 is 30.7 Å². The highest BCUT2D eigenvalue weighted by Crippen LogP contribution is 2.28. The number of aromatic nitrogens is 3. The molecule has 2 N–H and O–H groups in total. The van der Waals surface area contributed by atoms with Crippen LogP contribution in [0.3, 0.4) is 0 Å². The molecule has 134 valence electrons. The minimum Gasteiger partial charge on any atom is -0.373 e. The van der Waals surface area contributed by atoms with Gasteiger partial charge < -0.3 is 15.4 Å². The first-order valence-corrected chi connectivity index (χ1v) is 7.58. The predicted octanol–water partition coefficient (Wildman–Crippen LogP) is 1.11. The minimum atomic E-state index is -0.435. The fourth-order valence-corrected chi connectivity index (χ4v) is 2.81. The third kappa shape index (κ3) is 5.04. The molecule has 9 heteroatoms. The zero-order chi connectivity index (χ0) is 15.3. The first-order chi connectivity index (χ1) is 10.1. The summed E-state index contributed by atoms with van der Waals surface area (Å²) in [5.41, 5.74) is 5.44. The van der Waals surface area contributed by atoms with Gasteiger partial charge in [-0.15, -0.1) is 24.8 Å². The maximum atomic E-state index is 12.8. The monoisotopic (exact) mass is 367 g/mol. The molecular weight excluding hydrogens is 341 g/mol. The van der Waals surface area contributed by atoms with Gasteiger partial charge in [-0.25, -0.2) is 4.98 Å². The van der Waals surface area contributed by atoms with Crippen LogP contribution in [-0.2, 0) is 16.1 Å². The van der Waals surface area contributed by atoms with Crippen molar-refractivity contribution in [2.75, 3.05) is 26.2 Å². The van der Waals surface area contributed by atoms with E-state index in [1.807, 2.05) is 18.7 Å². The van der Waals surface area contributed by atoms with E-state index in [0.29, 0.717) is 32.8 Å². The lowest BCUT2D eigenvalue weighted by atomic mass is 9.80. The minimum absolute atomic E-state index is 0. The SMILES string of the molecule is CCC(CC)(CN)C(=O)N1CCOC(Cn2cncn2)C1.Cl.Cl. The number of carbonyl (C=O) groups is 1. The number of hydrogen-bond acceptors (Lipinski definition) is 5. The molecule has 1 atom stereocenters. The molecular formula is C14H27Cl2N5O2. The maximum absolute atomic E-state index is 12.8. The molecule has 0 bridgehead atoms. The van der Waals surface area contributed by atoms with Crippen LogP contribution >= 0.6 is 24.8 Å². The van der Waals surface area contributed by atoms with Crippen LogP contribution in [0.25, 0.3) is 0 Å². The maximum Gasteiger partial charge on any atom is 0.230 e. The van der Waals surface area contributed by atoms with Crippen molar-refractivity contribution in [1.82, 2.24) is 19.7 Å². The molecule has 0 radical (unpaired) electrons. The van der Waals surface area contributed by atoms with Crippen LogP contribution in [0.15, 0.2) is 12.7 Å². The van der Waals surface area contributed by atoms with E-state index in [1.165, 1.54) is 6.33 Å². The summed E-state index contributed by atoms with van der Waals surface area (Å²) >= 11 is 0. The lowest BCUT2D eigenvalue weighted by molar-refractivity contribution is -0.150. The Balaban J connectivity index is 0.00000242. The molecule has 0 aliphatic carbocycles. The summed E-state index contributed by atoms with van der Waals surface area (Å²) in [5.74, 6) is 0.155. The zero-order valence-electron chi connectivity index (χ0n) is 13.7. The summed E-state index contributed by atoms with van der Waals surface area (Å²) in [6.07, 6.45) is 4.65. The topological polar surface area (TPSA) is 86.3 Å². The molecule has 1 aliphatic heterocycles. The van der Waals surface area contributed by atoms with Gasteiger partial charge in [-0.05, 0) is 12.8 Å². The van der Waals surface area contributed by atoms with Gasteiger partial charge in [0, 0.05) is 19.6 Å². The molecule has 1 unspecified atom stereocenters. The van der Waals surface area contributed by atoms with Gasteiger partial charge >= 0.3 is 0 Å². The third-order valence-electron chi connectivity index (χ3n) is 4.48. The van der Waals surface area contributed by atoms with E-state index in [9.17, 15) is 4.79 Å². The van der Waals surface area contributed by atoms with Gasteiger partial charge in [0.2, 0.25) is 5.91 Å². The van der Waals surface area contributed by atoms with Crippen LogP contribution in [0.5, 0.6) is 0 Å². The van der Waals surface area contributed by atoms with E-state index < -0.39 is 5.41 Å². The van der Waals surface area contributed by atoms with E-state index in [0.717, 1.165) is 12.8 Å². The second-order valence-corrected chi connectivity index (χ2v) is 5.55. The summed E-state index contributed by atoms with van der Waals surface area (Å²) in [7, 11) is 0. The largest absolute Gasteiger partial charge is 0.373 e. The number of nitrogens with two attached hydrogens (primary N) is 1. The summed E-state index contributed by atoms with van der Waals surface area (Å²) in [6.45, 7) is 6.83. The van der Waals surface area contributed by atoms with E-state index in [-0.39, 0.29) is 36.8 Å². The van der Waals surface area contributed by atoms with Gasteiger partial charge in [-0.3, -0.25) is 9.48 Å². The average molecular weight is 368 g/mol. The Hall–Kier alpha value is -0.890. The smallest absolute Gasteiger partial charge is 0.230 e. The highest BCUT2D eigenvalue weighted by Gasteiger charge is 2.38. The van der Waals surface area contributed by atoms with Gasteiger partial charge in [0.25, 0.3) is 0 Å². The molecule has 0 aromatic carbocycles. The Bertz CT molecular complexity index is 446. The van der Waals surface area contributed by atoms with Crippen molar-refractivity contribution in [1.29, 1.82) is 0 Å². The van der Waals surface area contributed by atoms with Crippen molar-refractivity contribution in [3.05, 3.63) is 12.7 Å². The van der Waals surface area contributed by atoms with Crippen molar-refractivity contribution in [3.63, 3.8) is 0 Å². The Morgan fingerprint density at radius 2 is 2.09 bits per heavy atom. The predicted molar refractivity (Wildman–Crippen MR) is 92.9 cm³/mol. The quantitative estimate of drug-likeness (QED) is 0.813. The number of halogens is 2. The van der Waals surface area contributed by atoms with Gasteiger partial charge in [0.1, 0.15) is 12.7 Å². The van der Waals surface area contributed by atoms with E-state index in [4.69, 9.17) is 10.5 Å². The van der Waals surface area contributed by atoms with Crippen LogP contribution in [0.2, 0.25) is 0 Å². The third-order valence-corrected chi connectivity index (χ3v) is 4.48. The summed E-state index contributed by atoms with van der Waals surface area (Å²) in [6, 6.07) is 0. The molecule has 0 saturated carbocycles. The molecule has 1 aromatic heterocycles. The van der Waals surface area contributed by atoms with Crippen LogP contribution in [0.4, 0.5) is 0 Å². The molecule has 1 aromatic rings. The molecule has 1 saturated heterocycles. The van der Waals surface area contributed by atoms with Crippen molar-refractivity contribution in [2.45, 2.75) is 39.3 Å². The number of amides is 1. The lowest BCUT2D eigenvalue weighted by Gasteiger charge is -2.39. The second-order valence-electron chi connectivity index (χ2n) is 5.55. The highest BCUT2D eigenvalue weighted by molar-refractivity contribution is 5.85. The summed E-state index contributed by atoms with van der Waals surface area (Å²) < 4.78 is 7.46. The summed E-state index contributed by atoms with van der Waals surface area (Å²) in [5, 5.41) is 4.08. The standard InChI is InChI=1S/C14H25N5O2.2ClH/c1-3-14(4-2,9-15)13(20)18-5-6-21-12(7-18)8-19-11-16-10-17-19;;/h10-12H,3-9,15H2,1-2H3;2*1H. The first kappa shape index (κ1) is 22.1. The molecule has 1 amide bonds. The zero-order valence-corrected chi connectivity index (χ0v) is 15.3. The number of carbonyl (C=O) groups excluding carboxylic acids is 1. The summed E-state index contributed by atoms with van der Waals surface area (Å²) in [4.78, 5) is 18.6. The molecule has 23 heavy (non-hydrogen) atoms. The Labute approximate surface area is 149 Å². The highest BCUT2D eigenvalue weighted by atomic mass is 35.5. The number of rotatable bonds is 6. The Kier molecular flexibility index (Phi) is 9.68. The van der Waals surface area contributed by atoms with Crippen molar-refractivity contribution < 1.29 is 9.53 Å². The average Bonchev–Trinajstić information content (AvgIpc) is 3.02. The number of nitrogens with zero attached hydrogens (tertiary/aromatic N) is 4. The number of hydrogen-bond donors (Lipinski definition) is 1. The van der Waals surface area contributed by atoms with Crippen LogP contribution in [-0.4, -0.2) is 57.9 Å². The molecule has 2 rings (SSSR count). The molecule has 2 heterocycles. The van der Waals surface area contributed by atoms with Crippen LogP contribution < -0.4 is 5.73 Å². The fraction of sp³-hybridized carbons (Fsp3) is 0.786. The Morgan fingerprint density at radius 3 is 2.61 bits per heavy atom. The number of morpholine rings is 1. The normalized spacial score (nSPS) is 18.0. The van der Waals surface area contributed by atoms with Gasteiger partial charge in [0.15, 0.2) is 0 Å². The van der Waals surface area contributed by atoms with E-state index in [1.54, 1.807) is 11.0 Å². The van der Waals surface area contributed by atoms with Gasteiger partial charge in [0.05, 0.1) is 24.7 Å². The van der Waals surface area contributed by atoms with Crippen molar-refractivity contribution in [3.8, 4) is 0 Å². The van der Waals surface area contributed by atoms with Crippen LogP contribution in [0, 0.1) is 5.41 Å². The molecule has 7 nitrogen and oxygen atoms in total. The van der Waals surface area contributed by atoms with E-state index >= 15 is 0 Å². The second kappa shape index (κ2) is 10.1. The Morgan fingerprint density at radius 1 is 1.39 bits per heavy atom. The number of ether oxygens (including phenoxy) is 1. The first-order valence-electron chi connectivity index (χ1n) is 7.58. The van der Waals surface area contributed by atoms with E-state index in [2.05, 4.69) is 10.1 Å². The molecule has 1 fully saturated rings. The molecule has 1 aliphatic rings. The fourth-order valence-electron chi connectivity index (χ4n) is 2.81. The van der Waals surface area contributed by atoms with Crippen LogP contribution in [0.1, 0.15) is 26.7 Å². The van der Waals surface area contributed by atoms with Gasteiger partial charge in [-0.2, -0.15) is 5.10 Å². The lowest BCUT2D eigenvalue weighted by Crippen LogP contribution is -2.54. The molecule has 0 spiro atoms. The van der Waals surface area contributed by atoms with Crippen molar-refractivity contribution in [2.24, 2.45) is 11.1 Å².